The largest absolute Gasteiger partial charge is 0.394 e. The Morgan fingerprint density at radius 3 is 1.74 bits per heavy atom. The third-order valence-corrected chi connectivity index (χ3v) is 8.55. The van der Waals surface area contributed by atoms with Crippen molar-refractivity contribution in [1.29, 1.82) is 0 Å². The molecule has 21 heteroatoms. The monoisotopic (exact) mass is 691 g/mol. The van der Waals surface area contributed by atoms with Crippen LogP contribution in [0.15, 0.2) is 0 Å². The number of aliphatic hydroxyl groups excluding tert-OH is 12. The van der Waals surface area contributed by atoms with E-state index in [1.807, 2.05) is 0 Å². The van der Waals surface area contributed by atoms with Crippen LogP contribution in [0.25, 0.3) is 0 Å². The van der Waals surface area contributed by atoms with E-state index in [4.69, 9.17) is 33.2 Å². The second-order valence-corrected chi connectivity index (χ2v) is 11.9. The van der Waals surface area contributed by atoms with Gasteiger partial charge in [0.05, 0.1) is 25.9 Å². The van der Waals surface area contributed by atoms with Gasteiger partial charge in [0, 0.05) is 6.92 Å². The highest BCUT2D eigenvalue weighted by molar-refractivity contribution is 5.73. The molecule has 13 N–H and O–H groups in total. The van der Waals surface area contributed by atoms with Gasteiger partial charge in [0.1, 0.15) is 91.5 Å². The van der Waals surface area contributed by atoms with Crippen LogP contribution in [-0.2, 0) is 38.0 Å². The van der Waals surface area contributed by atoms with Crippen LogP contribution in [-0.4, -0.2) is 210 Å². The van der Waals surface area contributed by atoms with E-state index in [0.717, 1.165) is 6.92 Å². The predicted molar refractivity (Wildman–Crippen MR) is 144 cm³/mol. The summed E-state index contributed by atoms with van der Waals surface area (Å²) < 4.78 is 38.7. The summed E-state index contributed by atoms with van der Waals surface area (Å²) in [7, 11) is 0. The molecule has 20 atom stereocenters. The number of carbonyl (C=O) groups is 1. The third kappa shape index (κ3) is 8.20. The molecule has 4 aliphatic rings. The van der Waals surface area contributed by atoms with Gasteiger partial charge in [0.2, 0.25) is 5.91 Å². The Kier molecular flexibility index (Phi) is 13.2. The number of rotatable bonds is 10. The van der Waals surface area contributed by atoms with Gasteiger partial charge in [0.25, 0.3) is 0 Å². The van der Waals surface area contributed by atoms with Crippen molar-refractivity contribution in [2.75, 3.05) is 19.8 Å². The number of hydrogen-bond donors (Lipinski definition) is 13. The summed E-state index contributed by atoms with van der Waals surface area (Å²) in [5, 5.41) is 125. The van der Waals surface area contributed by atoms with Crippen LogP contribution >= 0.6 is 0 Å². The van der Waals surface area contributed by atoms with Gasteiger partial charge in [-0.1, -0.05) is 0 Å². The summed E-state index contributed by atoms with van der Waals surface area (Å²) in [4.78, 5) is 12.2. The van der Waals surface area contributed by atoms with Crippen molar-refractivity contribution in [3.63, 3.8) is 0 Å². The summed E-state index contributed by atoms with van der Waals surface area (Å²) in [5.41, 5.74) is 0. The first-order valence-corrected chi connectivity index (χ1v) is 14.9. The lowest BCUT2D eigenvalue weighted by Gasteiger charge is -2.48. The molecule has 0 aliphatic carbocycles. The Labute approximate surface area is 267 Å². The van der Waals surface area contributed by atoms with E-state index in [0.29, 0.717) is 0 Å². The standard InChI is InChI=1S/C26H45NO20/c1-6-12(31)15(34)19(38)25(42-6)47-22-11(27-7(2)30)24(44-8(3-28)14(22)33)41-5-10-13(32)16(35)20(39)26(45-10)46-21-9(4-29)43-23(40)18(37)17(21)36/h6,8-26,28-29,31-40H,3-5H2,1-2H3,(H,27,30)/t6-,8-,9-,10-,11-,12+,13+,14-,15+,16+,17-,18-,19-,20-,21-,22-,23-,24-,25-,26+/m1/s1. The average molecular weight is 692 g/mol. The summed E-state index contributed by atoms with van der Waals surface area (Å²) in [6.07, 6.45) is -31.6. The lowest BCUT2D eigenvalue weighted by Crippen LogP contribution is -2.68. The Balaban J connectivity index is 1.51. The molecule has 21 nitrogen and oxygen atoms in total. The maximum absolute atomic E-state index is 12.2. The molecule has 0 unspecified atom stereocenters. The van der Waals surface area contributed by atoms with Gasteiger partial charge in [-0.25, -0.2) is 0 Å². The predicted octanol–water partition coefficient (Wildman–Crippen LogP) is -8.58. The lowest BCUT2D eigenvalue weighted by atomic mass is 9.95. The van der Waals surface area contributed by atoms with Gasteiger partial charge >= 0.3 is 0 Å². The Hall–Kier alpha value is -1.29. The van der Waals surface area contributed by atoms with Crippen LogP contribution in [0.3, 0.4) is 0 Å². The second-order valence-electron chi connectivity index (χ2n) is 11.9. The molecule has 4 heterocycles. The van der Waals surface area contributed by atoms with Crippen molar-refractivity contribution in [1.82, 2.24) is 5.32 Å². The molecule has 4 rings (SSSR count). The molecule has 4 saturated heterocycles. The minimum atomic E-state index is -1.94. The number of ether oxygens (including phenoxy) is 7. The third-order valence-electron chi connectivity index (χ3n) is 8.55. The summed E-state index contributed by atoms with van der Waals surface area (Å²) in [6, 6.07) is -1.42. The molecule has 47 heavy (non-hydrogen) atoms. The average Bonchev–Trinajstić information content (AvgIpc) is 3.03. The molecular formula is C26H45NO20. The van der Waals surface area contributed by atoms with Crippen LogP contribution in [0.1, 0.15) is 13.8 Å². The molecule has 0 spiro atoms. The SMILES string of the molecule is CC(=O)N[C@H]1[C@H](OC[C@H]2O[C@@H](O[C@H]3[C@H](O)[C@@H](O)[C@H](O)O[C@@H]3CO)[C@H](O)[C@@H](O)[C@H]2O)O[C@H](CO)[C@@H](O)[C@@H]1O[C@H]1O[C@H](C)[C@H](O)[C@H](O)[C@H]1O. The van der Waals surface area contributed by atoms with Gasteiger partial charge in [0.15, 0.2) is 25.2 Å². The molecule has 0 bridgehead atoms. The van der Waals surface area contributed by atoms with Gasteiger partial charge in [-0.15, -0.1) is 0 Å². The van der Waals surface area contributed by atoms with Crippen molar-refractivity contribution < 1.29 is 99.2 Å². The van der Waals surface area contributed by atoms with Crippen molar-refractivity contribution in [2.45, 2.75) is 137 Å². The molecule has 0 aromatic heterocycles. The highest BCUT2D eigenvalue weighted by Gasteiger charge is 2.53. The van der Waals surface area contributed by atoms with Crippen molar-refractivity contribution >= 4 is 5.91 Å². The number of carbonyl (C=O) groups excluding carboxylic acids is 1. The molecule has 4 fully saturated rings. The molecule has 0 aromatic carbocycles. The van der Waals surface area contributed by atoms with Crippen LogP contribution in [0.5, 0.6) is 0 Å². The smallest absolute Gasteiger partial charge is 0.217 e. The van der Waals surface area contributed by atoms with Gasteiger partial charge in [-0.3, -0.25) is 4.79 Å². The first-order chi connectivity index (χ1) is 22.1. The minimum absolute atomic E-state index is 0.677. The zero-order valence-corrected chi connectivity index (χ0v) is 25.3. The van der Waals surface area contributed by atoms with Crippen LogP contribution in [0, 0.1) is 0 Å². The lowest BCUT2D eigenvalue weighted by molar-refractivity contribution is -0.363. The summed E-state index contributed by atoms with van der Waals surface area (Å²) in [6.45, 7) is 0.198. The van der Waals surface area contributed by atoms with E-state index in [9.17, 15) is 66.1 Å². The van der Waals surface area contributed by atoms with Crippen molar-refractivity contribution in [2.24, 2.45) is 0 Å². The molecule has 1 amide bonds. The summed E-state index contributed by atoms with van der Waals surface area (Å²) >= 11 is 0. The highest BCUT2D eigenvalue weighted by Crippen LogP contribution is 2.32. The molecule has 0 aromatic rings. The summed E-state index contributed by atoms with van der Waals surface area (Å²) in [5.74, 6) is -0.677. The number of nitrogens with one attached hydrogen (secondary N) is 1. The first kappa shape index (κ1) is 38.5. The van der Waals surface area contributed by atoms with Crippen molar-refractivity contribution in [3.8, 4) is 0 Å². The van der Waals surface area contributed by atoms with E-state index < -0.39 is 148 Å². The zero-order valence-electron chi connectivity index (χ0n) is 25.3. The Bertz CT molecular complexity index is 1010. The van der Waals surface area contributed by atoms with E-state index in [-0.39, 0.29) is 0 Å². The van der Waals surface area contributed by atoms with Gasteiger partial charge < -0.3 is 99.8 Å². The second kappa shape index (κ2) is 16.2. The van der Waals surface area contributed by atoms with Crippen LogP contribution in [0.2, 0.25) is 0 Å². The van der Waals surface area contributed by atoms with E-state index in [1.165, 1.54) is 6.92 Å². The fraction of sp³-hybridized carbons (Fsp3) is 0.962. The highest BCUT2D eigenvalue weighted by atomic mass is 16.7. The van der Waals surface area contributed by atoms with Crippen molar-refractivity contribution in [3.05, 3.63) is 0 Å². The quantitative estimate of drug-likeness (QED) is 0.101. The Morgan fingerprint density at radius 1 is 0.596 bits per heavy atom. The molecule has 274 valence electrons. The van der Waals surface area contributed by atoms with Gasteiger partial charge in [-0.2, -0.15) is 0 Å². The fourth-order valence-electron chi connectivity index (χ4n) is 5.79. The number of aliphatic hydroxyl groups is 12. The maximum Gasteiger partial charge on any atom is 0.217 e. The van der Waals surface area contributed by atoms with Gasteiger partial charge in [-0.05, 0) is 6.92 Å². The fourth-order valence-corrected chi connectivity index (χ4v) is 5.79. The maximum atomic E-state index is 12.2. The molecule has 0 saturated carbocycles. The first-order valence-electron chi connectivity index (χ1n) is 14.9. The minimum Gasteiger partial charge on any atom is -0.394 e. The van der Waals surface area contributed by atoms with Crippen LogP contribution in [0.4, 0.5) is 0 Å². The van der Waals surface area contributed by atoms with E-state index >= 15 is 0 Å². The zero-order chi connectivity index (χ0) is 34.9. The topological polar surface area (TPSA) is 336 Å². The van der Waals surface area contributed by atoms with Crippen LogP contribution < -0.4 is 5.32 Å². The molecule has 0 radical (unpaired) electrons. The molecular weight excluding hydrogens is 646 g/mol. The molecule has 4 aliphatic heterocycles. The number of amides is 1. The normalized spacial score (nSPS) is 51.0. The van der Waals surface area contributed by atoms with E-state index in [1.54, 1.807) is 0 Å². The number of hydrogen-bond acceptors (Lipinski definition) is 20. The van der Waals surface area contributed by atoms with E-state index in [2.05, 4.69) is 5.32 Å². The Morgan fingerprint density at radius 2 is 1.15 bits per heavy atom.